The predicted molar refractivity (Wildman–Crippen MR) is 89.1 cm³/mol. The molecule has 1 heterocycles. The highest BCUT2D eigenvalue weighted by Crippen LogP contribution is 2.37. The summed E-state index contributed by atoms with van der Waals surface area (Å²) in [5.41, 5.74) is 0.997. The van der Waals surface area contributed by atoms with E-state index >= 15 is 0 Å². The second-order valence-corrected chi connectivity index (χ2v) is 6.74. The van der Waals surface area contributed by atoms with Crippen LogP contribution in [0.25, 0.3) is 0 Å². The Morgan fingerprint density at radius 2 is 1.95 bits per heavy atom. The van der Waals surface area contributed by atoms with Crippen LogP contribution in [0.3, 0.4) is 0 Å². The molecule has 0 aliphatic carbocycles. The van der Waals surface area contributed by atoms with Crippen LogP contribution in [-0.2, 0) is 0 Å². The summed E-state index contributed by atoms with van der Waals surface area (Å²) in [7, 11) is 0. The van der Waals surface area contributed by atoms with Crippen LogP contribution in [0, 0.1) is 5.92 Å². The lowest BCUT2D eigenvalue weighted by Crippen LogP contribution is -2.58. The van der Waals surface area contributed by atoms with E-state index in [1.165, 1.54) is 12.8 Å². The minimum Gasteiger partial charge on any atom is -0.363 e. The molecule has 1 aliphatic heterocycles. The fourth-order valence-electron chi connectivity index (χ4n) is 2.99. The number of hydrogen-bond donors (Lipinski definition) is 1. The molecule has 0 aromatic heterocycles. The van der Waals surface area contributed by atoms with Crippen molar-refractivity contribution in [1.82, 2.24) is 5.32 Å². The van der Waals surface area contributed by atoms with Crippen LogP contribution in [0.4, 0.5) is 5.69 Å². The van der Waals surface area contributed by atoms with Gasteiger partial charge in [-0.25, -0.2) is 0 Å². The second kappa shape index (κ2) is 7.02. The van der Waals surface area contributed by atoms with Crippen molar-refractivity contribution in [3.8, 4) is 0 Å². The first-order valence-electron chi connectivity index (χ1n) is 7.48. The summed E-state index contributed by atoms with van der Waals surface area (Å²) in [5.74, 6) is 0.553. The van der Waals surface area contributed by atoms with Gasteiger partial charge in [-0.15, -0.1) is 0 Å². The Morgan fingerprint density at radius 3 is 2.50 bits per heavy atom. The van der Waals surface area contributed by atoms with Gasteiger partial charge in [0.25, 0.3) is 0 Å². The largest absolute Gasteiger partial charge is 0.363 e. The smallest absolute Gasteiger partial charge is 0.0748 e. The molecule has 2 nitrogen and oxygen atoms in total. The Balaban J connectivity index is 2.31. The maximum absolute atomic E-state index is 6.41. The van der Waals surface area contributed by atoms with Gasteiger partial charge < -0.3 is 10.2 Å². The van der Waals surface area contributed by atoms with Gasteiger partial charge in [-0.1, -0.05) is 56.5 Å². The number of halogens is 2. The van der Waals surface area contributed by atoms with E-state index in [0.29, 0.717) is 18.0 Å². The Morgan fingerprint density at radius 1 is 1.30 bits per heavy atom. The third-order valence-corrected chi connectivity index (χ3v) is 4.67. The maximum atomic E-state index is 6.41. The number of hydrogen-bond acceptors (Lipinski definition) is 2. The summed E-state index contributed by atoms with van der Waals surface area (Å²) >= 11 is 12.8. The quantitative estimate of drug-likeness (QED) is 0.874. The molecule has 1 aromatic rings. The Kier molecular flexibility index (Phi) is 5.59. The summed E-state index contributed by atoms with van der Waals surface area (Å²) in [5, 5.41) is 5.16. The van der Waals surface area contributed by atoms with E-state index in [9.17, 15) is 0 Å². The van der Waals surface area contributed by atoms with Gasteiger partial charge in [0, 0.05) is 25.2 Å². The zero-order valence-corrected chi connectivity index (χ0v) is 14.0. The molecule has 1 N–H and O–H groups in total. The third kappa shape index (κ3) is 3.41. The van der Waals surface area contributed by atoms with Crippen molar-refractivity contribution in [2.75, 3.05) is 18.0 Å². The predicted octanol–water partition coefficient (Wildman–Crippen LogP) is 4.60. The van der Waals surface area contributed by atoms with Gasteiger partial charge >= 0.3 is 0 Å². The van der Waals surface area contributed by atoms with E-state index in [-0.39, 0.29) is 0 Å². The molecular formula is C16H24Cl2N2. The van der Waals surface area contributed by atoms with Crippen LogP contribution in [0.2, 0.25) is 10.0 Å². The molecule has 0 bridgehead atoms. The van der Waals surface area contributed by atoms with Gasteiger partial charge in [-0.3, -0.25) is 0 Å². The molecule has 0 amide bonds. The summed E-state index contributed by atoms with van der Waals surface area (Å²) in [6.45, 7) is 8.70. The first-order chi connectivity index (χ1) is 9.54. The molecule has 20 heavy (non-hydrogen) atoms. The van der Waals surface area contributed by atoms with Gasteiger partial charge in [-0.05, 0) is 24.5 Å². The van der Waals surface area contributed by atoms with E-state index in [1.807, 2.05) is 18.2 Å². The first-order valence-corrected chi connectivity index (χ1v) is 8.24. The molecule has 0 saturated carbocycles. The lowest BCUT2D eigenvalue weighted by Gasteiger charge is -2.44. The second-order valence-electron chi connectivity index (χ2n) is 5.93. The molecule has 1 fully saturated rings. The van der Waals surface area contributed by atoms with Crippen molar-refractivity contribution in [1.29, 1.82) is 0 Å². The average Bonchev–Trinajstić information content (AvgIpc) is 2.39. The van der Waals surface area contributed by atoms with Crippen LogP contribution >= 0.6 is 23.2 Å². The summed E-state index contributed by atoms with van der Waals surface area (Å²) in [4.78, 5) is 2.41. The van der Waals surface area contributed by atoms with Crippen LogP contribution in [-0.4, -0.2) is 25.2 Å². The van der Waals surface area contributed by atoms with Crippen molar-refractivity contribution >= 4 is 28.9 Å². The molecule has 1 aromatic carbocycles. The number of rotatable bonds is 4. The fourth-order valence-corrected chi connectivity index (χ4v) is 3.61. The van der Waals surface area contributed by atoms with Crippen molar-refractivity contribution in [2.45, 2.75) is 45.7 Å². The molecule has 1 saturated heterocycles. The third-order valence-electron chi connectivity index (χ3n) is 4.06. The lowest BCUT2D eigenvalue weighted by molar-refractivity contribution is 0.327. The van der Waals surface area contributed by atoms with Gasteiger partial charge in [-0.2, -0.15) is 0 Å². The van der Waals surface area contributed by atoms with E-state index in [1.54, 1.807) is 0 Å². The number of para-hydroxylation sites is 1. The minimum atomic E-state index is 0.431. The van der Waals surface area contributed by atoms with Crippen molar-refractivity contribution in [2.24, 2.45) is 5.92 Å². The normalized spacial score (nSPS) is 23.4. The van der Waals surface area contributed by atoms with Gasteiger partial charge in [0.1, 0.15) is 0 Å². The van der Waals surface area contributed by atoms with Crippen LogP contribution in [0.5, 0.6) is 0 Å². The van der Waals surface area contributed by atoms with Gasteiger partial charge in [0.2, 0.25) is 0 Å². The van der Waals surface area contributed by atoms with Crippen LogP contribution in [0.1, 0.15) is 33.6 Å². The molecule has 2 atom stereocenters. The summed E-state index contributed by atoms with van der Waals surface area (Å²) < 4.78 is 0. The van der Waals surface area contributed by atoms with Crippen molar-refractivity contribution < 1.29 is 0 Å². The molecule has 4 heteroatoms. The number of anilines is 1. The Hall–Kier alpha value is -0.440. The highest BCUT2D eigenvalue weighted by Gasteiger charge is 2.31. The topological polar surface area (TPSA) is 15.3 Å². The minimum absolute atomic E-state index is 0.431. The fraction of sp³-hybridized carbons (Fsp3) is 0.625. The number of piperazine rings is 1. The molecule has 0 spiro atoms. The molecular weight excluding hydrogens is 291 g/mol. The molecule has 1 aliphatic rings. The van der Waals surface area contributed by atoms with Crippen molar-refractivity contribution in [3.05, 3.63) is 28.2 Å². The molecule has 2 unspecified atom stereocenters. The SMILES string of the molecule is CCCC1CN(c2c(Cl)cccc2Cl)C(C(C)C)CN1. The first kappa shape index (κ1) is 15.9. The number of benzene rings is 1. The van der Waals surface area contributed by atoms with Crippen LogP contribution in [0.15, 0.2) is 18.2 Å². The zero-order chi connectivity index (χ0) is 14.7. The number of nitrogens with zero attached hydrogens (tertiary/aromatic N) is 1. The summed E-state index contributed by atoms with van der Waals surface area (Å²) in [6.07, 6.45) is 2.37. The standard InChI is InChI=1S/C16H24Cl2N2/c1-4-6-12-10-20(15(9-19-12)11(2)3)16-13(17)7-5-8-14(16)18/h5,7-8,11-12,15,19H,4,6,9-10H2,1-3H3. The molecule has 0 radical (unpaired) electrons. The lowest BCUT2D eigenvalue weighted by atomic mass is 9.96. The van der Waals surface area contributed by atoms with Gasteiger partial charge in [0.15, 0.2) is 0 Å². The Labute approximate surface area is 132 Å². The highest BCUT2D eigenvalue weighted by molar-refractivity contribution is 6.39. The highest BCUT2D eigenvalue weighted by atomic mass is 35.5. The zero-order valence-electron chi connectivity index (χ0n) is 12.5. The molecule has 2 rings (SSSR count). The van der Waals surface area contributed by atoms with E-state index < -0.39 is 0 Å². The van der Waals surface area contributed by atoms with E-state index in [4.69, 9.17) is 23.2 Å². The van der Waals surface area contributed by atoms with Gasteiger partial charge in [0.05, 0.1) is 15.7 Å². The van der Waals surface area contributed by atoms with E-state index in [2.05, 4.69) is 31.0 Å². The monoisotopic (exact) mass is 314 g/mol. The average molecular weight is 315 g/mol. The number of nitrogens with one attached hydrogen (secondary N) is 1. The van der Waals surface area contributed by atoms with Crippen LogP contribution < -0.4 is 10.2 Å². The van der Waals surface area contributed by atoms with Crippen molar-refractivity contribution in [3.63, 3.8) is 0 Å². The van der Waals surface area contributed by atoms with E-state index in [0.717, 1.165) is 28.8 Å². The molecule has 112 valence electrons. The Bertz CT molecular complexity index is 428. The maximum Gasteiger partial charge on any atom is 0.0748 e. The summed E-state index contributed by atoms with van der Waals surface area (Å²) in [6, 6.07) is 6.71.